The Kier molecular flexibility index (Phi) is 5.50. The Morgan fingerprint density at radius 1 is 1.15 bits per heavy atom. The largest absolute Gasteiger partial charge is 0.383 e. The van der Waals surface area contributed by atoms with E-state index in [0.717, 1.165) is 51.7 Å². The van der Waals surface area contributed by atoms with Gasteiger partial charge in [-0.15, -0.1) is 0 Å². The number of fused-ring (bicyclic) bond motifs is 4. The number of nitrogens with two attached hydrogens (primary N) is 1. The van der Waals surface area contributed by atoms with E-state index in [2.05, 4.69) is 9.97 Å². The van der Waals surface area contributed by atoms with Gasteiger partial charge in [0.25, 0.3) is 5.91 Å². The molecule has 0 spiro atoms. The molecule has 7 rings (SSSR count). The van der Waals surface area contributed by atoms with Crippen molar-refractivity contribution in [2.45, 2.75) is 56.3 Å². The molecule has 0 unspecified atom stereocenters. The summed E-state index contributed by atoms with van der Waals surface area (Å²) in [5, 5.41) is 0.966. The van der Waals surface area contributed by atoms with Crippen LogP contribution in [0.25, 0.3) is 10.9 Å². The first-order valence-electron chi connectivity index (χ1n) is 13.2. The highest BCUT2D eigenvalue weighted by Crippen LogP contribution is 2.40. The zero-order valence-corrected chi connectivity index (χ0v) is 22.4. The summed E-state index contributed by atoms with van der Waals surface area (Å²) in [6, 6.07) is 14.9. The number of hydrogen-bond acceptors (Lipinski definition) is 7. The smallest absolute Gasteiger partial charge is 0.260 e. The monoisotopic (exact) mass is 540 g/mol. The van der Waals surface area contributed by atoms with Gasteiger partial charge in [-0.25, -0.2) is 13.4 Å². The van der Waals surface area contributed by atoms with Crippen molar-refractivity contribution in [3.05, 3.63) is 88.2 Å². The number of anilines is 2. The van der Waals surface area contributed by atoms with Crippen LogP contribution < -0.4 is 10.6 Å². The van der Waals surface area contributed by atoms with Gasteiger partial charge in [0.1, 0.15) is 5.82 Å². The summed E-state index contributed by atoms with van der Waals surface area (Å²) in [4.78, 5) is 25.0. The molecule has 2 aromatic carbocycles. The van der Waals surface area contributed by atoms with Crippen LogP contribution in [0.3, 0.4) is 0 Å². The number of rotatable bonds is 5. The Bertz CT molecular complexity index is 1760. The highest BCUT2D eigenvalue weighted by atomic mass is 32.2. The minimum Gasteiger partial charge on any atom is -0.383 e. The molecule has 2 N–H and O–H groups in total. The first-order valence-corrected chi connectivity index (χ1v) is 14.9. The lowest BCUT2D eigenvalue weighted by atomic mass is 10.0. The molecule has 1 atom stereocenters. The van der Waals surface area contributed by atoms with Crippen LogP contribution in [0.4, 0.5) is 11.5 Å². The number of pyridine rings is 2. The fraction of sp³-hybridized carbons (Fsp3) is 0.300. The summed E-state index contributed by atoms with van der Waals surface area (Å²) in [6.07, 6.45) is 4.18. The van der Waals surface area contributed by atoms with Crippen LogP contribution in [-0.4, -0.2) is 30.0 Å². The molecule has 1 amide bonds. The molecule has 0 bridgehead atoms. The van der Waals surface area contributed by atoms with Gasteiger partial charge in [-0.3, -0.25) is 9.78 Å². The van der Waals surface area contributed by atoms with Crippen LogP contribution in [0.5, 0.6) is 0 Å². The second-order valence-electron chi connectivity index (χ2n) is 10.7. The van der Waals surface area contributed by atoms with E-state index in [1.165, 1.54) is 0 Å². The maximum atomic E-state index is 14.0. The van der Waals surface area contributed by atoms with Gasteiger partial charge in [0.05, 0.1) is 46.7 Å². The molecule has 1 aliphatic carbocycles. The number of nitrogen functional groups attached to an aromatic ring is 1. The average molecular weight is 541 g/mol. The number of ether oxygens (including phenoxy) is 1. The number of hydrogen-bond donors (Lipinski definition) is 1. The van der Waals surface area contributed by atoms with Gasteiger partial charge in [0.2, 0.25) is 0 Å². The van der Waals surface area contributed by atoms with Crippen molar-refractivity contribution >= 4 is 38.2 Å². The second kappa shape index (κ2) is 8.86. The molecule has 0 radical (unpaired) electrons. The summed E-state index contributed by atoms with van der Waals surface area (Å²) in [5.41, 5.74) is 12.3. The zero-order chi connectivity index (χ0) is 26.9. The molecule has 4 heterocycles. The molecule has 3 aliphatic rings. The molecule has 0 saturated heterocycles. The van der Waals surface area contributed by atoms with Crippen molar-refractivity contribution in [3.8, 4) is 0 Å². The summed E-state index contributed by atoms with van der Waals surface area (Å²) in [6.45, 7) is 2.60. The maximum Gasteiger partial charge on any atom is 0.260 e. The average Bonchev–Trinajstić information content (AvgIpc) is 3.64. The Hall–Kier alpha value is -3.82. The highest BCUT2D eigenvalue weighted by molar-refractivity contribution is 7.91. The molecule has 39 heavy (non-hydrogen) atoms. The third kappa shape index (κ3) is 4.08. The minimum absolute atomic E-state index is 0.0454. The quantitative estimate of drug-likeness (QED) is 0.384. The van der Waals surface area contributed by atoms with Crippen molar-refractivity contribution in [3.63, 3.8) is 0 Å². The molecular weight excluding hydrogens is 512 g/mol. The first-order chi connectivity index (χ1) is 18.8. The SMILES string of the molecule is C[C@H]1OCc2c1c(N)nc1cc(CN(C(=O)c3ccc(C4CC4)nc3)c3cccc4c3S(=O)(=O)CC4)ccc21. The Morgan fingerprint density at radius 2 is 2.00 bits per heavy atom. The van der Waals surface area contributed by atoms with Crippen LogP contribution in [0, 0.1) is 0 Å². The van der Waals surface area contributed by atoms with E-state index in [9.17, 15) is 13.2 Å². The molecular formula is C30H28N4O4S. The molecule has 9 heteroatoms. The van der Waals surface area contributed by atoms with Crippen molar-refractivity contribution in [2.75, 3.05) is 16.4 Å². The van der Waals surface area contributed by atoms with Crippen LogP contribution in [0.15, 0.2) is 59.6 Å². The zero-order valence-electron chi connectivity index (χ0n) is 21.6. The molecule has 8 nitrogen and oxygen atoms in total. The maximum absolute atomic E-state index is 14.0. The third-order valence-corrected chi connectivity index (χ3v) is 9.88. The van der Waals surface area contributed by atoms with E-state index in [4.69, 9.17) is 10.5 Å². The molecule has 2 aromatic heterocycles. The topological polar surface area (TPSA) is 115 Å². The summed E-state index contributed by atoms with van der Waals surface area (Å²) >= 11 is 0. The number of aryl methyl sites for hydroxylation is 1. The van der Waals surface area contributed by atoms with Crippen molar-refractivity contribution < 1.29 is 17.9 Å². The van der Waals surface area contributed by atoms with Crippen molar-refractivity contribution in [1.29, 1.82) is 0 Å². The number of carbonyl (C=O) groups excluding carboxylic acids is 1. The Morgan fingerprint density at radius 3 is 2.77 bits per heavy atom. The third-order valence-electron chi connectivity index (χ3n) is 8.05. The summed E-state index contributed by atoms with van der Waals surface area (Å²) in [5.74, 6) is 0.662. The van der Waals surface area contributed by atoms with E-state index in [1.807, 2.05) is 43.3 Å². The lowest BCUT2D eigenvalue weighted by molar-refractivity contribution is 0.0801. The lowest BCUT2D eigenvalue weighted by Crippen LogP contribution is -2.31. The fourth-order valence-corrected chi connectivity index (χ4v) is 7.62. The Labute approximate surface area is 226 Å². The van der Waals surface area contributed by atoms with Crippen LogP contribution in [-0.2, 0) is 34.1 Å². The number of nitrogens with zero attached hydrogens (tertiary/aromatic N) is 3. The van der Waals surface area contributed by atoms with Gasteiger partial charge in [0, 0.05) is 28.8 Å². The molecule has 2 aliphatic heterocycles. The van der Waals surface area contributed by atoms with Gasteiger partial charge < -0.3 is 15.4 Å². The van der Waals surface area contributed by atoms with Crippen LogP contribution in [0.2, 0.25) is 0 Å². The normalized spacial score (nSPS) is 19.2. The predicted octanol–water partition coefficient (Wildman–Crippen LogP) is 4.86. The number of amides is 1. The lowest BCUT2D eigenvalue weighted by Gasteiger charge is -2.25. The van der Waals surface area contributed by atoms with E-state index >= 15 is 0 Å². The van der Waals surface area contributed by atoms with E-state index in [0.29, 0.717) is 36.0 Å². The van der Waals surface area contributed by atoms with Crippen LogP contribution in [0.1, 0.15) is 70.1 Å². The molecule has 198 valence electrons. The van der Waals surface area contributed by atoms with E-state index in [1.54, 1.807) is 23.2 Å². The Balaban J connectivity index is 1.32. The molecule has 4 aromatic rings. The fourth-order valence-electron chi connectivity index (χ4n) is 5.86. The molecule has 1 saturated carbocycles. The summed E-state index contributed by atoms with van der Waals surface area (Å²) in [7, 11) is -3.50. The van der Waals surface area contributed by atoms with Gasteiger partial charge >= 0.3 is 0 Å². The molecule has 1 fully saturated rings. The number of benzene rings is 2. The first kappa shape index (κ1) is 24.2. The highest BCUT2D eigenvalue weighted by Gasteiger charge is 2.34. The van der Waals surface area contributed by atoms with Crippen molar-refractivity contribution in [2.24, 2.45) is 0 Å². The second-order valence-corrected chi connectivity index (χ2v) is 12.7. The van der Waals surface area contributed by atoms with Crippen molar-refractivity contribution in [1.82, 2.24) is 9.97 Å². The van der Waals surface area contributed by atoms with Gasteiger partial charge in [-0.05, 0) is 67.1 Å². The van der Waals surface area contributed by atoms with Gasteiger partial charge in [0.15, 0.2) is 9.84 Å². The summed E-state index contributed by atoms with van der Waals surface area (Å²) < 4.78 is 32.0. The standard InChI is InChI=1S/C30H28N4O4S/c1-17-27-23(16-38-17)22-9-5-18(13-25(22)33-29(27)31)15-34(26-4-2-3-20-11-12-39(36,37)28(20)26)30(35)21-8-10-24(32-14-21)19-6-7-19/h2-5,8-10,13-14,17,19H,6-7,11-12,15-16H2,1H3,(H2,31,33)/t17-/m1/s1. The van der Waals surface area contributed by atoms with E-state index in [-0.39, 0.29) is 29.2 Å². The minimum atomic E-state index is -3.50. The number of aromatic nitrogens is 2. The number of carbonyl (C=O) groups is 1. The van der Waals surface area contributed by atoms with Crippen LogP contribution >= 0.6 is 0 Å². The number of sulfone groups is 1. The predicted molar refractivity (Wildman–Crippen MR) is 148 cm³/mol. The van der Waals surface area contributed by atoms with Gasteiger partial charge in [-0.1, -0.05) is 24.3 Å². The van der Waals surface area contributed by atoms with E-state index < -0.39 is 9.84 Å². The van der Waals surface area contributed by atoms with Gasteiger partial charge in [-0.2, -0.15) is 0 Å².